The Morgan fingerprint density at radius 3 is 2.40 bits per heavy atom. The lowest BCUT2D eigenvalue weighted by Crippen LogP contribution is -2.30. The topological polar surface area (TPSA) is 81.4 Å². The van der Waals surface area contributed by atoms with Crippen molar-refractivity contribution < 1.29 is 18.8 Å². The first-order valence-corrected chi connectivity index (χ1v) is 8.40. The SMILES string of the molecule is CCc1ccc(NC(=O)[C@@H](C)OC(=O)c2c(C)noc2C(C)C)cc1. The summed E-state index contributed by atoms with van der Waals surface area (Å²) in [6, 6.07) is 7.54. The third-order valence-corrected chi connectivity index (χ3v) is 3.90. The van der Waals surface area contributed by atoms with Gasteiger partial charge >= 0.3 is 5.97 Å². The van der Waals surface area contributed by atoms with Crippen LogP contribution in [0.25, 0.3) is 0 Å². The highest BCUT2D eigenvalue weighted by atomic mass is 16.5. The molecule has 134 valence electrons. The number of amides is 1. The maximum atomic E-state index is 12.4. The van der Waals surface area contributed by atoms with Gasteiger partial charge in [0.15, 0.2) is 11.9 Å². The second kappa shape index (κ2) is 7.96. The number of nitrogens with one attached hydrogen (secondary N) is 1. The van der Waals surface area contributed by atoms with Crippen LogP contribution in [0.15, 0.2) is 28.8 Å². The number of aromatic nitrogens is 1. The lowest BCUT2D eigenvalue weighted by atomic mass is 10.1. The molecule has 2 rings (SSSR count). The number of benzene rings is 1. The summed E-state index contributed by atoms with van der Waals surface area (Å²) in [4.78, 5) is 24.6. The fourth-order valence-corrected chi connectivity index (χ4v) is 2.37. The second-order valence-electron chi connectivity index (χ2n) is 6.25. The average molecular weight is 344 g/mol. The molecule has 0 bridgehead atoms. The van der Waals surface area contributed by atoms with E-state index in [9.17, 15) is 9.59 Å². The van der Waals surface area contributed by atoms with Gasteiger partial charge in [-0.2, -0.15) is 0 Å². The summed E-state index contributed by atoms with van der Waals surface area (Å²) in [5.41, 5.74) is 2.59. The molecular weight excluding hydrogens is 320 g/mol. The van der Waals surface area contributed by atoms with E-state index in [1.54, 1.807) is 6.92 Å². The second-order valence-corrected chi connectivity index (χ2v) is 6.25. The molecule has 0 saturated heterocycles. The highest BCUT2D eigenvalue weighted by Crippen LogP contribution is 2.23. The van der Waals surface area contributed by atoms with Gasteiger partial charge in [0.2, 0.25) is 0 Å². The van der Waals surface area contributed by atoms with Gasteiger partial charge in [0, 0.05) is 11.6 Å². The molecule has 0 aliphatic rings. The summed E-state index contributed by atoms with van der Waals surface area (Å²) < 4.78 is 10.5. The van der Waals surface area contributed by atoms with Gasteiger partial charge in [-0.25, -0.2) is 4.79 Å². The first kappa shape index (κ1) is 18.7. The van der Waals surface area contributed by atoms with Crippen molar-refractivity contribution >= 4 is 17.6 Å². The zero-order valence-electron chi connectivity index (χ0n) is 15.3. The first-order valence-electron chi connectivity index (χ1n) is 8.40. The van der Waals surface area contributed by atoms with Crippen LogP contribution in [0, 0.1) is 6.92 Å². The number of hydrogen-bond donors (Lipinski definition) is 1. The van der Waals surface area contributed by atoms with Crippen molar-refractivity contribution in [2.45, 2.75) is 53.1 Å². The molecule has 6 nitrogen and oxygen atoms in total. The van der Waals surface area contributed by atoms with E-state index >= 15 is 0 Å². The van der Waals surface area contributed by atoms with Gasteiger partial charge < -0.3 is 14.6 Å². The van der Waals surface area contributed by atoms with Crippen molar-refractivity contribution in [2.24, 2.45) is 0 Å². The van der Waals surface area contributed by atoms with Gasteiger partial charge in [-0.1, -0.05) is 38.1 Å². The van der Waals surface area contributed by atoms with Gasteiger partial charge in [-0.15, -0.1) is 0 Å². The molecule has 1 N–H and O–H groups in total. The van der Waals surface area contributed by atoms with Gasteiger partial charge in [0.25, 0.3) is 5.91 Å². The molecule has 0 aliphatic carbocycles. The Morgan fingerprint density at radius 1 is 1.20 bits per heavy atom. The maximum absolute atomic E-state index is 12.4. The molecular formula is C19H24N2O4. The maximum Gasteiger partial charge on any atom is 0.344 e. The van der Waals surface area contributed by atoms with Gasteiger partial charge in [0.05, 0.1) is 5.69 Å². The molecule has 0 unspecified atom stereocenters. The van der Waals surface area contributed by atoms with Crippen LogP contribution in [0.2, 0.25) is 0 Å². The van der Waals surface area contributed by atoms with Crippen molar-refractivity contribution in [3.05, 3.63) is 46.8 Å². The Morgan fingerprint density at radius 2 is 1.84 bits per heavy atom. The third kappa shape index (κ3) is 4.47. The molecule has 6 heteroatoms. The molecule has 0 saturated carbocycles. The average Bonchev–Trinajstić information content (AvgIpc) is 2.97. The van der Waals surface area contributed by atoms with Crippen LogP contribution >= 0.6 is 0 Å². The molecule has 1 aromatic heterocycles. The van der Waals surface area contributed by atoms with E-state index in [0.717, 1.165) is 6.42 Å². The van der Waals surface area contributed by atoms with Crippen molar-refractivity contribution in [1.29, 1.82) is 0 Å². The van der Waals surface area contributed by atoms with Crippen LogP contribution in [0.5, 0.6) is 0 Å². The normalized spacial score (nSPS) is 12.1. The summed E-state index contributed by atoms with van der Waals surface area (Å²) in [6.45, 7) is 9.06. The number of nitrogens with zero attached hydrogens (tertiary/aromatic N) is 1. The Labute approximate surface area is 147 Å². The standard InChI is InChI=1S/C19H24N2O4/c1-6-14-7-9-15(10-8-14)20-18(22)13(5)24-19(23)16-12(4)21-25-17(16)11(2)3/h7-11,13H,6H2,1-5H3,(H,20,22)/t13-/m1/s1. The van der Waals surface area contributed by atoms with Crippen molar-refractivity contribution in [1.82, 2.24) is 5.16 Å². The number of anilines is 1. The van der Waals surface area contributed by atoms with E-state index < -0.39 is 18.0 Å². The molecule has 0 fully saturated rings. The summed E-state index contributed by atoms with van der Waals surface area (Å²) >= 11 is 0. The molecule has 1 amide bonds. The molecule has 1 atom stereocenters. The van der Waals surface area contributed by atoms with Crippen LogP contribution < -0.4 is 5.32 Å². The van der Waals surface area contributed by atoms with Crippen LogP contribution in [-0.4, -0.2) is 23.1 Å². The Kier molecular flexibility index (Phi) is 5.96. The molecule has 2 aromatic rings. The largest absolute Gasteiger partial charge is 0.449 e. The van der Waals surface area contributed by atoms with Gasteiger partial charge in [-0.3, -0.25) is 4.79 Å². The van der Waals surface area contributed by atoms with E-state index in [-0.39, 0.29) is 5.92 Å². The number of rotatable bonds is 6. The molecule has 0 aliphatic heterocycles. The van der Waals surface area contributed by atoms with Crippen molar-refractivity contribution in [2.75, 3.05) is 5.32 Å². The minimum Gasteiger partial charge on any atom is -0.449 e. The van der Waals surface area contributed by atoms with Crippen LogP contribution in [0.4, 0.5) is 5.69 Å². The van der Waals surface area contributed by atoms with E-state index in [1.807, 2.05) is 38.1 Å². The first-order chi connectivity index (χ1) is 11.8. The lowest BCUT2D eigenvalue weighted by Gasteiger charge is -2.14. The smallest absolute Gasteiger partial charge is 0.344 e. The minimum atomic E-state index is -0.937. The molecule has 0 spiro atoms. The van der Waals surface area contributed by atoms with E-state index in [2.05, 4.69) is 17.4 Å². The molecule has 1 heterocycles. The minimum absolute atomic E-state index is 0.00929. The molecule has 0 radical (unpaired) electrons. The van der Waals surface area contributed by atoms with E-state index in [0.29, 0.717) is 22.7 Å². The summed E-state index contributed by atoms with van der Waals surface area (Å²) in [5, 5.41) is 6.56. The predicted octanol–water partition coefficient (Wildman–Crippen LogP) is 3.85. The molecule has 1 aromatic carbocycles. The summed E-state index contributed by atoms with van der Waals surface area (Å²) in [5.74, 6) is -0.542. The van der Waals surface area contributed by atoms with Gasteiger partial charge in [0.1, 0.15) is 5.56 Å². The quantitative estimate of drug-likeness (QED) is 0.805. The Bertz CT molecular complexity index is 747. The number of aryl methyl sites for hydroxylation is 2. The predicted molar refractivity (Wildman–Crippen MR) is 94.7 cm³/mol. The van der Waals surface area contributed by atoms with Crippen molar-refractivity contribution in [3.8, 4) is 0 Å². The van der Waals surface area contributed by atoms with Crippen LogP contribution in [0.1, 0.15) is 61.0 Å². The highest BCUT2D eigenvalue weighted by Gasteiger charge is 2.27. The molecule has 25 heavy (non-hydrogen) atoms. The fraction of sp³-hybridized carbons (Fsp3) is 0.421. The van der Waals surface area contributed by atoms with Gasteiger partial charge in [-0.05, 0) is 38.0 Å². The van der Waals surface area contributed by atoms with Crippen LogP contribution in [-0.2, 0) is 16.0 Å². The number of carbonyl (C=O) groups excluding carboxylic acids is 2. The van der Waals surface area contributed by atoms with Crippen LogP contribution in [0.3, 0.4) is 0 Å². The number of hydrogen-bond acceptors (Lipinski definition) is 5. The zero-order valence-corrected chi connectivity index (χ0v) is 15.3. The number of ether oxygens (including phenoxy) is 1. The zero-order chi connectivity index (χ0) is 18.6. The Hall–Kier alpha value is -2.63. The number of esters is 1. The lowest BCUT2D eigenvalue weighted by molar-refractivity contribution is -0.123. The highest BCUT2D eigenvalue weighted by molar-refractivity contribution is 5.98. The fourth-order valence-electron chi connectivity index (χ4n) is 2.37. The number of carbonyl (C=O) groups is 2. The summed E-state index contributed by atoms with van der Waals surface area (Å²) in [7, 11) is 0. The Balaban J connectivity index is 2.03. The van der Waals surface area contributed by atoms with E-state index in [1.165, 1.54) is 12.5 Å². The summed E-state index contributed by atoms with van der Waals surface area (Å²) in [6.07, 6.45) is -0.00827. The monoisotopic (exact) mass is 344 g/mol. The van der Waals surface area contributed by atoms with Crippen molar-refractivity contribution in [3.63, 3.8) is 0 Å². The third-order valence-electron chi connectivity index (χ3n) is 3.90. The van der Waals surface area contributed by atoms with E-state index in [4.69, 9.17) is 9.26 Å².